The summed E-state index contributed by atoms with van der Waals surface area (Å²) in [6, 6.07) is 10.7. The van der Waals surface area contributed by atoms with Crippen LogP contribution in [0.1, 0.15) is 36.1 Å². The zero-order valence-corrected chi connectivity index (χ0v) is 19.4. The molecule has 3 aliphatic heterocycles. The Hall–Kier alpha value is -3.48. The van der Waals surface area contributed by atoms with Gasteiger partial charge in [0.15, 0.2) is 11.6 Å². The van der Waals surface area contributed by atoms with E-state index in [0.29, 0.717) is 23.5 Å². The third kappa shape index (κ3) is 3.42. The van der Waals surface area contributed by atoms with E-state index in [1.54, 1.807) is 0 Å². The molecule has 0 unspecified atom stereocenters. The Labute approximate surface area is 198 Å². The SMILES string of the molecule is Cc1c(C#N)cccc1[C@@H](C)Nc1nnc(N2CC(N)C2)c2cnc(N3C[C@H]4C[C@@H]3CO4)cc12. The van der Waals surface area contributed by atoms with Crippen LogP contribution in [0.2, 0.25) is 0 Å². The average Bonchev–Trinajstić information content (AvgIpc) is 3.46. The van der Waals surface area contributed by atoms with Crippen LogP contribution in [0.25, 0.3) is 10.8 Å². The largest absolute Gasteiger partial charge is 0.374 e. The molecule has 5 heterocycles. The van der Waals surface area contributed by atoms with Crippen molar-refractivity contribution in [2.24, 2.45) is 5.73 Å². The molecule has 2 aromatic heterocycles. The molecule has 3 aromatic rings. The van der Waals surface area contributed by atoms with Crippen molar-refractivity contribution in [1.82, 2.24) is 15.2 Å². The fourth-order valence-electron chi connectivity index (χ4n) is 5.41. The fourth-order valence-corrected chi connectivity index (χ4v) is 5.41. The van der Waals surface area contributed by atoms with E-state index in [0.717, 1.165) is 66.2 Å². The van der Waals surface area contributed by atoms with E-state index >= 15 is 0 Å². The highest BCUT2D eigenvalue weighted by molar-refractivity contribution is 5.99. The van der Waals surface area contributed by atoms with Crippen LogP contribution in [0, 0.1) is 18.3 Å². The lowest BCUT2D eigenvalue weighted by Gasteiger charge is -2.38. The van der Waals surface area contributed by atoms with Gasteiger partial charge in [-0.05, 0) is 43.5 Å². The van der Waals surface area contributed by atoms with Gasteiger partial charge in [-0.3, -0.25) is 0 Å². The van der Waals surface area contributed by atoms with Crippen LogP contribution in [-0.4, -0.2) is 59.6 Å². The highest BCUT2D eigenvalue weighted by Crippen LogP contribution is 2.37. The molecule has 0 spiro atoms. The van der Waals surface area contributed by atoms with Crippen molar-refractivity contribution in [2.75, 3.05) is 41.4 Å². The number of hydrogen-bond acceptors (Lipinski definition) is 9. The van der Waals surface area contributed by atoms with Gasteiger partial charge in [0.05, 0.1) is 36.4 Å². The second-order valence-corrected chi connectivity index (χ2v) is 9.62. The van der Waals surface area contributed by atoms with Gasteiger partial charge in [0.25, 0.3) is 0 Å². The monoisotopic (exact) mass is 456 g/mol. The zero-order chi connectivity index (χ0) is 23.4. The number of morpholine rings is 1. The minimum absolute atomic E-state index is 0.0538. The number of pyridine rings is 1. The lowest BCUT2D eigenvalue weighted by atomic mass is 9.98. The Kier molecular flexibility index (Phi) is 5.01. The summed E-state index contributed by atoms with van der Waals surface area (Å²) in [4.78, 5) is 9.33. The van der Waals surface area contributed by atoms with Gasteiger partial charge < -0.3 is 25.6 Å². The van der Waals surface area contributed by atoms with Crippen molar-refractivity contribution in [2.45, 2.75) is 44.5 Å². The van der Waals surface area contributed by atoms with Gasteiger partial charge in [0, 0.05) is 42.6 Å². The van der Waals surface area contributed by atoms with Crippen LogP contribution in [0.15, 0.2) is 30.5 Å². The maximum atomic E-state index is 9.44. The van der Waals surface area contributed by atoms with E-state index in [9.17, 15) is 5.26 Å². The first-order chi connectivity index (χ1) is 16.5. The minimum Gasteiger partial charge on any atom is -0.374 e. The molecule has 2 bridgehead atoms. The molecule has 9 heteroatoms. The molecule has 0 amide bonds. The number of fused-ring (bicyclic) bond motifs is 3. The molecule has 6 rings (SSSR count). The predicted octanol–water partition coefficient (Wildman–Crippen LogP) is 2.50. The van der Waals surface area contributed by atoms with E-state index in [2.05, 4.69) is 44.4 Å². The smallest absolute Gasteiger partial charge is 0.161 e. The topological polar surface area (TPSA) is 116 Å². The van der Waals surface area contributed by atoms with E-state index in [4.69, 9.17) is 15.5 Å². The van der Waals surface area contributed by atoms with Crippen molar-refractivity contribution in [3.63, 3.8) is 0 Å². The Morgan fingerprint density at radius 3 is 2.79 bits per heavy atom. The van der Waals surface area contributed by atoms with Gasteiger partial charge in [-0.15, -0.1) is 10.2 Å². The molecule has 9 nitrogen and oxygen atoms in total. The molecule has 174 valence electrons. The third-order valence-electron chi connectivity index (χ3n) is 7.35. The van der Waals surface area contributed by atoms with Gasteiger partial charge in [0.2, 0.25) is 0 Å². The average molecular weight is 457 g/mol. The molecule has 3 aliphatic rings. The van der Waals surface area contributed by atoms with Gasteiger partial charge in [-0.2, -0.15) is 5.26 Å². The number of anilines is 3. The first kappa shape index (κ1) is 21.1. The highest BCUT2D eigenvalue weighted by atomic mass is 16.5. The zero-order valence-electron chi connectivity index (χ0n) is 19.4. The Morgan fingerprint density at radius 1 is 1.24 bits per heavy atom. The summed E-state index contributed by atoms with van der Waals surface area (Å²) in [6.45, 7) is 7.22. The van der Waals surface area contributed by atoms with Crippen molar-refractivity contribution in [3.8, 4) is 6.07 Å². The van der Waals surface area contributed by atoms with Crippen LogP contribution in [0.4, 0.5) is 17.5 Å². The molecule has 0 radical (unpaired) electrons. The van der Waals surface area contributed by atoms with E-state index in [-0.39, 0.29) is 12.1 Å². The normalized spacial score (nSPS) is 22.6. The number of nitrogens with two attached hydrogens (primary N) is 1. The van der Waals surface area contributed by atoms with E-state index in [1.165, 1.54) is 0 Å². The molecule has 0 saturated carbocycles. The quantitative estimate of drug-likeness (QED) is 0.597. The van der Waals surface area contributed by atoms with Crippen molar-refractivity contribution >= 4 is 28.2 Å². The second-order valence-electron chi connectivity index (χ2n) is 9.62. The maximum absolute atomic E-state index is 9.44. The Balaban J connectivity index is 1.40. The Morgan fingerprint density at radius 2 is 2.09 bits per heavy atom. The van der Waals surface area contributed by atoms with Crippen molar-refractivity contribution in [3.05, 3.63) is 47.2 Å². The highest BCUT2D eigenvalue weighted by Gasteiger charge is 2.39. The summed E-state index contributed by atoms with van der Waals surface area (Å²) < 4.78 is 5.78. The molecule has 3 saturated heterocycles. The van der Waals surface area contributed by atoms with Crippen molar-refractivity contribution < 1.29 is 4.74 Å². The molecule has 3 fully saturated rings. The summed E-state index contributed by atoms with van der Waals surface area (Å²) in [7, 11) is 0. The van der Waals surface area contributed by atoms with Gasteiger partial charge in [-0.1, -0.05) is 12.1 Å². The summed E-state index contributed by atoms with van der Waals surface area (Å²) >= 11 is 0. The lowest BCUT2D eigenvalue weighted by molar-refractivity contribution is 0.0989. The fraction of sp³-hybridized carbons (Fsp3) is 0.440. The Bertz CT molecular complexity index is 1300. The number of benzene rings is 1. The first-order valence-corrected chi connectivity index (χ1v) is 11.8. The molecular weight excluding hydrogens is 428 g/mol. The van der Waals surface area contributed by atoms with Gasteiger partial charge in [0.1, 0.15) is 5.82 Å². The van der Waals surface area contributed by atoms with E-state index < -0.39 is 0 Å². The lowest BCUT2D eigenvalue weighted by Crippen LogP contribution is -2.56. The third-order valence-corrected chi connectivity index (χ3v) is 7.35. The van der Waals surface area contributed by atoms with Crippen molar-refractivity contribution in [1.29, 1.82) is 5.26 Å². The molecule has 1 aromatic carbocycles. The van der Waals surface area contributed by atoms with Gasteiger partial charge in [-0.25, -0.2) is 4.98 Å². The summed E-state index contributed by atoms with van der Waals surface area (Å²) in [5.74, 6) is 2.48. The summed E-state index contributed by atoms with van der Waals surface area (Å²) in [5.41, 5.74) is 8.76. The van der Waals surface area contributed by atoms with E-state index in [1.807, 2.05) is 31.3 Å². The minimum atomic E-state index is -0.0538. The number of ether oxygens (including phenoxy) is 1. The van der Waals surface area contributed by atoms with Crippen LogP contribution in [0.5, 0.6) is 0 Å². The molecule has 3 atom stereocenters. The number of nitriles is 1. The van der Waals surface area contributed by atoms with Gasteiger partial charge >= 0.3 is 0 Å². The first-order valence-electron chi connectivity index (χ1n) is 11.8. The van der Waals surface area contributed by atoms with Crippen LogP contribution in [-0.2, 0) is 4.74 Å². The van der Waals surface area contributed by atoms with Crippen LogP contribution >= 0.6 is 0 Å². The predicted molar refractivity (Wildman–Crippen MR) is 131 cm³/mol. The molecule has 34 heavy (non-hydrogen) atoms. The number of nitrogens with zero attached hydrogens (tertiary/aromatic N) is 6. The standard InChI is InChI=1S/C25H28N8O/c1-14-16(8-26)4-3-5-20(14)15(2)29-24-21-7-23(33-12-19-6-18(33)13-34-19)28-9-22(21)25(31-30-24)32-10-17(27)11-32/h3-5,7,9,15,17-19H,6,10-13,27H2,1-2H3,(H,29,30)/t15-,18-,19-/m1/s1. The second kappa shape index (κ2) is 8.08. The number of aromatic nitrogens is 3. The summed E-state index contributed by atoms with van der Waals surface area (Å²) in [6.07, 6.45) is 3.27. The van der Waals surface area contributed by atoms with Crippen LogP contribution in [0.3, 0.4) is 0 Å². The number of hydrogen-bond donors (Lipinski definition) is 2. The number of rotatable bonds is 5. The number of nitrogens with one attached hydrogen (secondary N) is 1. The maximum Gasteiger partial charge on any atom is 0.161 e. The molecule has 3 N–H and O–H groups in total. The molecular formula is C25H28N8O. The molecule has 0 aliphatic carbocycles. The van der Waals surface area contributed by atoms with Crippen LogP contribution < -0.4 is 20.9 Å². The summed E-state index contributed by atoms with van der Waals surface area (Å²) in [5, 5.41) is 24.1.